The molecule has 0 radical (unpaired) electrons. The minimum Gasteiger partial charge on any atom is -0.384 e. The molecule has 3 N–H and O–H groups in total. The Morgan fingerprint density at radius 3 is 1.76 bits per heavy atom. The molecule has 0 amide bonds. The highest BCUT2D eigenvalue weighted by molar-refractivity contribution is 7.98. The lowest BCUT2D eigenvalue weighted by Gasteiger charge is -2.36. The van der Waals surface area contributed by atoms with Crippen molar-refractivity contribution in [3.63, 3.8) is 0 Å². The van der Waals surface area contributed by atoms with Gasteiger partial charge < -0.3 is 25.3 Å². The molecule has 17 nitrogen and oxygen atoms in total. The van der Waals surface area contributed by atoms with Crippen LogP contribution in [0.1, 0.15) is 63.8 Å². The van der Waals surface area contributed by atoms with E-state index in [0.29, 0.717) is 101 Å². The summed E-state index contributed by atoms with van der Waals surface area (Å²) in [6.45, 7) is 6.39. The van der Waals surface area contributed by atoms with Crippen LogP contribution in [0.4, 0.5) is 17.3 Å². The van der Waals surface area contributed by atoms with Crippen LogP contribution in [-0.2, 0) is 24.3 Å². The number of thioether (sulfide) groups is 1. The molecule has 18 heteroatoms. The molecule has 3 aliphatic heterocycles. The number of rotatable bonds is 5. The molecule has 10 rings (SSSR count). The number of aliphatic hydroxyl groups is 2. The molecule has 0 saturated carbocycles. The highest BCUT2D eigenvalue weighted by Gasteiger charge is 2.28. The maximum atomic E-state index is 13.4. The van der Waals surface area contributed by atoms with Gasteiger partial charge in [0.2, 0.25) is 5.95 Å². The molecular formula is C48H55N13O4S. The molecule has 66 heavy (non-hydrogen) atoms. The third-order valence-electron chi connectivity index (χ3n) is 12.7. The third kappa shape index (κ3) is 8.92. The molecule has 1 fully saturated rings. The van der Waals surface area contributed by atoms with Crippen molar-refractivity contribution in [2.45, 2.75) is 87.9 Å². The second kappa shape index (κ2) is 18.4. The van der Waals surface area contributed by atoms with Gasteiger partial charge in [-0.3, -0.25) is 9.59 Å². The van der Waals surface area contributed by atoms with Gasteiger partial charge in [-0.15, -0.1) is 0 Å². The summed E-state index contributed by atoms with van der Waals surface area (Å²) >= 11 is 1.42. The van der Waals surface area contributed by atoms with E-state index in [9.17, 15) is 19.8 Å². The second-order valence-electron chi connectivity index (χ2n) is 17.6. The Bertz CT molecular complexity index is 3070. The van der Waals surface area contributed by atoms with Crippen molar-refractivity contribution in [3.05, 3.63) is 129 Å². The van der Waals surface area contributed by atoms with Gasteiger partial charge in [0, 0.05) is 42.9 Å². The van der Waals surface area contributed by atoms with Gasteiger partial charge in [0.25, 0.3) is 11.1 Å². The monoisotopic (exact) mass is 909 g/mol. The number of benzene rings is 1. The van der Waals surface area contributed by atoms with Gasteiger partial charge in [-0.2, -0.15) is 4.98 Å². The van der Waals surface area contributed by atoms with E-state index >= 15 is 0 Å². The smallest absolute Gasteiger partial charge is 0.278 e. The summed E-state index contributed by atoms with van der Waals surface area (Å²) in [5, 5.41) is 26.6. The van der Waals surface area contributed by atoms with Gasteiger partial charge >= 0.3 is 0 Å². The topological polar surface area (TPSA) is 190 Å². The van der Waals surface area contributed by atoms with Crippen molar-refractivity contribution >= 4 is 51.2 Å². The first kappa shape index (κ1) is 44.7. The first-order valence-corrected chi connectivity index (χ1v) is 23.5. The standard InChI is InChI=1S/C30H36N8O2.C18H19N5O2S/c1-30(40)16-5-4-6-17-37-28(39)24-20-31-29(34-27(24)38(37)26-9-7-8-25(30)33-26)32-21-10-12-23(13-11-21)36-18-14-22(15-19-36)35(2)3;1-18(25)9-4-3-5-10-22-16(24)12-11-19-17(26-2)21-15(12)23(22)14-8-6-7-13(18)20-14/h4,6-13,20,22,40H,5,14-19H2,1-3H3,(H,31,32,34);3,5-8,11,25H,4,9-10H2,1-2H3/b6-4-;5-3-/t30-;18-/m11/s1. The molecule has 1 saturated heterocycles. The summed E-state index contributed by atoms with van der Waals surface area (Å²) in [5.74, 6) is 1.46. The summed E-state index contributed by atoms with van der Waals surface area (Å²) in [6.07, 6.45) is 17.7. The van der Waals surface area contributed by atoms with Crippen LogP contribution < -0.4 is 21.3 Å². The van der Waals surface area contributed by atoms with Crippen LogP contribution in [0.25, 0.3) is 33.7 Å². The molecule has 4 bridgehead atoms. The zero-order valence-electron chi connectivity index (χ0n) is 37.9. The number of hydrogen-bond acceptors (Lipinski definition) is 14. The average molecular weight is 910 g/mol. The molecule has 342 valence electrons. The van der Waals surface area contributed by atoms with E-state index in [4.69, 9.17) is 9.97 Å². The molecule has 3 aliphatic rings. The number of fused-ring (bicyclic) bond motifs is 12. The fourth-order valence-corrected chi connectivity index (χ4v) is 9.11. The Morgan fingerprint density at radius 1 is 0.697 bits per heavy atom. The number of nitrogens with zero attached hydrogens (tertiary/aromatic N) is 12. The lowest BCUT2D eigenvalue weighted by atomic mass is 9.95. The van der Waals surface area contributed by atoms with E-state index in [2.05, 4.69) is 61.3 Å². The molecule has 2 atom stereocenters. The highest BCUT2D eigenvalue weighted by atomic mass is 32.2. The normalized spacial score (nSPS) is 20.9. The Hall–Kier alpha value is -6.47. The first-order chi connectivity index (χ1) is 31.8. The quantitative estimate of drug-likeness (QED) is 0.103. The van der Waals surface area contributed by atoms with Crippen molar-refractivity contribution in [2.24, 2.45) is 0 Å². The van der Waals surface area contributed by atoms with Crippen LogP contribution in [0, 0.1) is 0 Å². The molecule has 7 aromatic rings. The molecule has 1 aromatic carbocycles. The van der Waals surface area contributed by atoms with Gasteiger partial charge in [0.15, 0.2) is 28.1 Å². The number of piperidine rings is 1. The van der Waals surface area contributed by atoms with E-state index in [-0.39, 0.29) is 11.1 Å². The lowest BCUT2D eigenvalue weighted by molar-refractivity contribution is 0.0439. The molecule has 9 heterocycles. The fraction of sp³-hybridized carbons (Fsp3) is 0.375. The van der Waals surface area contributed by atoms with Crippen molar-refractivity contribution in [1.29, 1.82) is 0 Å². The zero-order valence-corrected chi connectivity index (χ0v) is 38.7. The average Bonchev–Trinajstić information content (AvgIpc) is 3.75. The fourth-order valence-electron chi connectivity index (χ4n) is 8.77. The van der Waals surface area contributed by atoms with Crippen LogP contribution in [0.2, 0.25) is 0 Å². The van der Waals surface area contributed by atoms with Crippen LogP contribution >= 0.6 is 11.8 Å². The largest absolute Gasteiger partial charge is 0.384 e. The highest BCUT2D eigenvalue weighted by Crippen LogP contribution is 2.30. The van der Waals surface area contributed by atoms with Crippen molar-refractivity contribution in [2.75, 3.05) is 43.7 Å². The SMILES string of the molecule is CN(C)C1CCN(c2ccc(Nc3ncc4c(=O)n5n(c4n3)-c3cccc(n3)[C@](C)(O)CC/C=C\C5)cc2)CC1.CSc1ncc2c(=O)n3n(c2n1)-c1cccc(n1)[C@](C)(O)CC/C=C\C3. The molecule has 0 aliphatic carbocycles. The van der Waals surface area contributed by atoms with Crippen molar-refractivity contribution < 1.29 is 10.2 Å². The Labute approximate surface area is 386 Å². The van der Waals surface area contributed by atoms with E-state index < -0.39 is 11.2 Å². The van der Waals surface area contributed by atoms with E-state index in [0.717, 1.165) is 31.6 Å². The number of allylic oxidation sites excluding steroid dienone is 4. The van der Waals surface area contributed by atoms with Gasteiger partial charge in [0.1, 0.15) is 22.0 Å². The van der Waals surface area contributed by atoms with Crippen LogP contribution in [0.3, 0.4) is 0 Å². The van der Waals surface area contributed by atoms with Crippen LogP contribution in [-0.4, -0.2) is 103 Å². The Morgan fingerprint density at radius 2 is 1.23 bits per heavy atom. The summed E-state index contributed by atoms with van der Waals surface area (Å²) < 4.78 is 6.65. The third-order valence-corrected chi connectivity index (χ3v) is 13.2. The number of pyridine rings is 2. The van der Waals surface area contributed by atoms with E-state index in [1.54, 1.807) is 45.0 Å². The van der Waals surface area contributed by atoms with Crippen molar-refractivity contribution in [3.8, 4) is 11.6 Å². The summed E-state index contributed by atoms with van der Waals surface area (Å²) in [7, 11) is 4.31. The Kier molecular flexibility index (Phi) is 12.5. The number of nitrogens with one attached hydrogen (secondary N) is 1. The summed E-state index contributed by atoms with van der Waals surface area (Å²) in [4.78, 5) is 58.4. The minimum atomic E-state index is -1.09. The van der Waals surface area contributed by atoms with Crippen molar-refractivity contribution in [1.82, 2.24) is 53.5 Å². The van der Waals surface area contributed by atoms with Gasteiger partial charge in [0.05, 0.1) is 24.5 Å². The molecule has 0 spiro atoms. The Balaban J connectivity index is 0.000000182. The zero-order chi connectivity index (χ0) is 46.2. The van der Waals surface area contributed by atoms with Gasteiger partial charge in [-0.1, -0.05) is 48.2 Å². The number of anilines is 3. The minimum absolute atomic E-state index is 0.157. The lowest BCUT2D eigenvalue weighted by Crippen LogP contribution is -2.41. The predicted octanol–water partition coefficient (Wildman–Crippen LogP) is 6.07. The summed E-state index contributed by atoms with van der Waals surface area (Å²) in [6, 6.07) is 19.9. The molecule has 6 aromatic heterocycles. The second-order valence-corrected chi connectivity index (χ2v) is 18.4. The van der Waals surface area contributed by atoms with Crippen LogP contribution in [0.5, 0.6) is 0 Å². The molecule has 0 unspecified atom stereocenters. The van der Waals surface area contributed by atoms with E-state index in [1.807, 2.05) is 79.1 Å². The van der Waals surface area contributed by atoms with Crippen LogP contribution in [0.15, 0.2) is 112 Å². The maximum absolute atomic E-state index is 13.4. The summed E-state index contributed by atoms with van der Waals surface area (Å²) in [5.41, 5.74) is 1.70. The van der Waals surface area contributed by atoms with Gasteiger partial charge in [-0.05, 0) is 121 Å². The predicted molar refractivity (Wildman–Crippen MR) is 258 cm³/mol. The van der Waals surface area contributed by atoms with Gasteiger partial charge in [-0.25, -0.2) is 43.6 Å². The molecular weight excluding hydrogens is 855 g/mol. The maximum Gasteiger partial charge on any atom is 0.278 e. The first-order valence-electron chi connectivity index (χ1n) is 22.3. The number of aromatic nitrogens is 10. The van der Waals surface area contributed by atoms with E-state index in [1.165, 1.54) is 17.4 Å². The number of hydrogen-bond donors (Lipinski definition) is 3.